The SMILES string of the molecule is O=C(CCc1ccccc1)NC1CCC(Nc2cc(C(F)(F)F)nc3ccccc23)CC1. The topological polar surface area (TPSA) is 54.0 Å². The highest BCUT2D eigenvalue weighted by molar-refractivity contribution is 5.91. The molecule has 0 atom stereocenters. The standard InChI is InChI=1S/C25H26F3N3O/c26-25(27,28)23-16-22(20-8-4-5-9-21(20)31-23)29-18-11-13-19(14-12-18)30-24(32)15-10-17-6-2-1-3-7-17/h1-9,16,18-19H,10-15H2,(H,29,31)(H,30,32). The lowest BCUT2D eigenvalue weighted by atomic mass is 9.90. The lowest BCUT2D eigenvalue weighted by Crippen LogP contribution is -2.40. The van der Waals surface area contributed by atoms with Crippen molar-refractivity contribution in [1.82, 2.24) is 10.3 Å². The van der Waals surface area contributed by atoms with Crippen LogP contribution in [-0.4, -0.2) is 23.0 Å². The second-order valence-electron chi connectivity index (χ2n) is 8.32. The van der Waals surface area contributed by atoms with Gasteiger partial charge in [0, 0.05) is 29.6 Å². The van der Waals surface area contributed by atoms with E-state index in [4.69, 9.17) is 0 Å². The third kappa shape index (κ3) is 5.58. The molecule has 0 saturated heterocycles. The summed E-state index contributed by atoms with van der Waals surface area (Å²) in [7, 11) is 0. The summed E-state index contributed by atoms with van der Waals surface area (Å²) in [6.07, 6.45) is -0.190. The smallest absolute Gasteiger partial charge is 0.382 e. The first-order chi connectivity index (χ1) is 15.4. The van der Waals surface area contributed by atoms with Gasteiger partial charge >= 0.3 is 6.18 Å². The molecule has 1 aliphatic rings. The Kier molecular flexibility index (Phi) is 6.63. The number of pyridine rings is 1. The fourth-order valence-electron chi connectivity index (χ4n) is 4.24. The number of anilines is 1. The Morgan fingerprint density at radius 2 is 1.59 bits per heavy atom. The molecule has 0 bridgehead atoms. The van der Waals surface area contributed by atoms with E-state index < -0.39 is 11.9 Å². The second kappa shape index (κ2) is 9.59. The van der Waals surface area contributed by atoms with Crippen molar-refractivity contribution in [3.05, 3.63) is 71.9 Å². The molecule has 0 unspecified atom stereocenters. The third-order valence-electron chi connectivity index (χ3n) is 5.94. The van der Waals surface area contributed by atoms with Gasteiger partial charge in [0.1, 0.15) is 5.69 Å². The Hall–Kier alpha value is -3.09. The Balaban J connectivity index is 1.33. The van der Waals surface area contributed by atoms with E-state index in [1.54, 1.807) is 24.3 Å². The van der Waals surface area contributed by atoms with Crippen LogP contribution in [0.5, 0.6) is 0 Å². The summed E-state index contributed by atoms with van der Waals surface area (Å²) < 4.78 is 39.9. The summed E-state index contributed by atoms with van der Waals surface area (Å²) in [6, 6.07) is 18.0. The van der Waals surface area contributed by atoms with Crippen LogP contribution in [0.15, 0.2) is 60.7 Å². The summed E-state index contributed by atoms with van der Waals surface area (Å²) in [5.74, 6) is 0.0419. The highest BCUT2D eigenvalue weighted by atomic mass is 19.4. The number of aromatic nitrogens is 1. The maximum atomic E-state index is 13.3. The van der Waals surface area contributed by atoms with Crippen LogP contribution in [0.3, 0.4) is 0 Å². The summed E-state index contributed by atoms with van der Waals surface area (Å²) in [5, 5.41) is 7.09. The summed E-state index contributed by atoms with van der Waals surface area (Å²) in [5.41, 5.74) is 1.03. The monoisotopic (exact) mass is 441 g/mol. The number of amides is 1. The number of nitrogens with zero attached hydrogens (tertiary/aromatic N) is 1. The van der Waals surface area contributed by atoms with E-state index >= 15 is 0 Å². The van der Waals surface area contributed by atoms with E-state index in [0.717, 1.165) is 37.3 Å². The Morgan fingerprint density at radius 3 is 2.31 bits per heavy atom. The van der Waals surface area contributed by atoms with Crippen LogP contribution in [-0.2, 0) is 17.4 Å². The number of nitrogens with one attached hydrogen (secondary N) is 2. The first kappa shape index (κ1) is 22.1. The van der Waals surface area contributed by atoms with Crippen LogP contribution in [0.1, 0.15) is 43.4 Å². The van der Waals surface area contributed by atoms with Crippen LogP contribution in [0, 0.1) is 0 Å². The number of hydrogen-bond acceptors (Lipinski definition) is 3. The molecule has 2 aromatic carbocycles. The van der Waals surface area contributed by atoms with E-state index in [1.165, 1.54) is 0 Å². The number of aryl methyl sites for hydroxylation is 1. The summed E-state index contributed by atoms with van der Waals surface area (Å²) in [6.45, 7) is 0. The molecule has 1 fully saturated rings. The van der Waals surface area contributed by atoms with Crippen LogP contribution in [0.2, 0.25) is 0 Å². The summed E-state index contributed by atoms with van der Waals surface area (Å²) >= 11 is 0. The highest BCUT2D eigenvalue weighted by Crippen LogP contribution is 2.34. The van der Waals surface area contributed by atoms with E-state index in [1.807, 2.05) is 30.3 Å². The third-order valence-corrected chi connectivity index (χ3v) is 5.94. The second-order valence-corrected chi connectivity index (χ2v) is 8.32. The minimum atomic E-state index is -4.50. The highest BCUT2D eigenvalue weighted by Gasteiger charge is 2.33. The van der Waals surface area contributed by atoms with Crippen LogP contribution in [0.4, 0.5) is 18.9 Å². The molecule has 4 rings (SSSR count). The number of rotatable bonds is 6. The maximum absolute atomic E-state index is 13.3. The van der Waals surface area contributed by atoms with Crippen molar-refractivity contribution in [2.24, 2.45) is 0 Å². The lowest BCUT2D eigenvalue weighted by molar-refractivity contribution is -0.140. The van der Waals surface area contributed by atoms with Gasteiger partial charge in [-0.05, 0) is 49.8 Å². The molecule has 1 amide bonds. The van der Waals surface area contributed by atoms with Crippen molar-refractivity contribution >= 4 is 22.5 Å². The van der Waals surface area contributed by atoms with Gasteiger partial charge in [-0.1, -0.05) is 48.5 Å². The number of carbonyl (C=O) groups is 1. The van der Waals surface area contributed by atoms with Gasteiger partial charge in [0.2, 0.25) is 5.91 Å². The molecule has 0 aliphatic heterocycles. The molecule has 1 aliphatic carbocycles. The van der Waals surface area contributed by atoms with Gasteiger partial charge in [0.15, 0.2) is 0 Å². The van der Waals surface area contributed by atoms with E-state index in [9.17, 15) is 18.0 Å². The average Bonchev–Trinajstić information content (AvgIpc) is 2.79. The van der Waals surface area contributed by atoms with Crippen LogP contribution < -0.4 is 10.6 Å². The minimum absolute atomic E-state index is 0.0419. The predicted octanol–water partition coefficient (Wildman–Crippen LogP) is 5.73. The molecule has 4 nitrogen and oxygen atoms in total. The van der Waals surface area contributed by atoms with E-state index in [0.29, 0.717) is 29.4 Å². The van der Waals surface area contributed by atoms with Crippen molar-refractivity contribution in [3.8, 4) is 0 Å². The normalized spacial score (nSPS) is 19.0. The number of benzene rings is 2. The molecule has 0 radical (unpaired) electrons. The molecule has 2 N–H and O–H groups in total. The maximum Gasteiger partial charge on any atom is 0.433 e. The zero-order valence-electron chi connectivity index (χ0n) is 17.7. The lowest BCUT2D eigenvalue weighted by Gasteiger charge is -2.30. The van der Waals surface area contributed by atoms with E-state index in [-0.39, 0.29) is 18.0 Å². The largest absolute Gasteiger partial charge is 0.433 e. The Morgan fingerprint density at radius 1 is 0.938 bits per heavy atom. The van der Waals surface area contributed by atoms with Crippen molar-refractivity contribution in [1.29, 1.82) is 0 Å². The van der Waals surface area contributed by atoms with Crippen molar-refractivity contribution < 1.29 is 18.0 Å². The van der Waals surface area contributed by atoms with Gasteiger partial charge in [-0.15, -0.1) is 0 Å². The molecule has 168 valence electrons. The zero-order valence-corrected chi connectivity index (χ0v) is 17.7. The first-order valence-corrected chi connectivity index (χ1v) is 11.0. The van der Waals surface area contributed by atoms with Gasteiger partial charge < -0.3 is 10.6 Å². The molecule has 1 heterocycles. The number of fused-ring (bicyclic) bond motifs is 1. The number of alkyl halides is 3. The van der Waals surface area contributed by atoms with Gasteiger partial charge in [0.25, 0.3) is 0 Å². The quantitative estimate of drug-likeness (QED) is 0.514. The fourth-order valence-corrected chi connectivity index (χ4v) is 4.24. The number of hydrogen-bond donors (Lipinski definition) is 2. The van der Waals surface area contributed by atoms with Crippen molar-refractivity contribution in [2.45, 2.75) is 56.8 Å². The number of para-hydroxylation sites is 1. The minimum Gasteiger partial charge on any atom is -0.382 e. The Labute approximate surface area is 185 Å². The number of halogens is 3. The zero-order chi connectivity index (χ0) is 22.6. The molecule has 0 spiro atoms. The van der Waals surface area contributed by atoms with Crippen LogP contribution in [0.25, 0.3) is 10.9 Å². The molecular weight excluding hydrogens is 415 g/mol. The van der Waals surface area contributed by atoms with Crippen molar-refractivity contribution in [3.63, 3.8) is 0 Å². The molecule has 3 aromatic rings. The van der Waals surface area contributed by atoms with Gasteiger partial charge in [-0.3, -0.25) is 4.79 Å². The predicted molar refractivity (Wildman–Crippen MR) is 119 cm³/mol. The van der Waals surface area contributed by atoms with E-state index in [2.05, 4.69) is 15.6 Å². The molecule has 32 heavy (non-hydrogen) atoms. The van der Waals surface area contributed by atoms with Gasteiger partial charge in [-0.2, -0.15) is 13.2 Å². The molecule has 1 saturated carbocycles. The van der Waals surface area contributed by atoms with Crippen molar-refractivity contribution in [2.75, 3.05) is 5.32 Å². The molecule has 1 aromatic heterocycles. The fraction of sp³-hybridized carbons (Fsp3) is 0.360. The Bertz CT molecular complexity index is 1060. The summed E-state index contributed by atoms with van der Waals surface area (Å²) in [4.78, 5) is 16.1. The molecular formula is C25H26F3N3O. The average molecular weight is 441 g/mol. The first-order valence-electron chi connectivity index (χ1n) is 11.0. The number of carbonyl (C=O) groups excluding carboxylic acids is 1. The van der Waals surface area contributed by atoms with Gasteiger partial charge in [-0.25, -0.2) is 4.98 Å². The van der Waals surface area contributed by atoms with Gasteiger partial charge in [0.05, 0.1) is 5.52 Å². The molecule has 7 heteroatoms. The van der Waals surface area contributed by atoms with Crippen LogP contribution >= 0.6 is 0 Å².